The molecular formula is C22H24FN3O. The molecule has 140 valence electrons. The van der Waals surface area contributed by atoms with Crippen LogP contribution in [0.15, 0.2) is 41.4 Å². The van der Waals surface area contributed by atoms with E-state index in [2.05, 4.69) is 35.1 Å². The number of hydrogen-bond donors (Lipinski definition) is 1. The highest BCUT2D eigenvalue weighted by Crippen LogP contribution is 2.34. The number of anilines is 2. The van der Waals surface area contributed by atoms with Gasteiger partial charge >= 0.3 is 0 Å². The molecule has 1 saturated heterocycles. The highest BCUT2D eigenvalue weighted by Gasteiger charge is 2.31. The lowest BCUT2D eigenvalue weighted by atomic mass is 9.98. The van der Waals surface area contributed by atoms with Crippen LogP contribution >= 0.6 is 0 Å². The van der Waals surface area contributed by atoms with Gasteiger partial charge in [-0.2, -0.15) is 0 Å². The van der Waals surface area contributed by atoms with Crippen molar-refractivity contribution in [3.63, 3.8) is 0 Å². The van der Waals surface area contributed by atoms with Crippen LogP contribution in [0.2, 0.25) is 0 Å². The highest BCUT2D eigenvalue weighted by molar-refractivity contribution is 6.12. The number of carbonyl (C=O) groups is 1. The number of amides is 1. The predicted molar refractivity (Wildman–Crippen MR) is 108 cm³/mol. The van der Waals surface area contributed by atoms with Crippen LogP contribution in [0, 0.1) is 18.7 Å². The number of benzene rings is 2. The van der Waals surface area contributed by atoms with Gasteiger partial charge in [-0.3, -0.25) is 9.79 Å². The van der Waals surface area contributed by atoms with Gasteiger partial charge in [0.05, 0.1) is 5.69 Å². The molecule has 1 atom stereocenters. The van der Waals surface area contributed by atoms with Gasteiger partial charge in [0.1, 0.15) is 11.7 Å². The summed E-state index contributed by atoms with van der Waals surface area (Å²) < 4.78 is 14.1. The number of carbonyl (C=O) groups excluding carboxylic acids is 1. The molecule has 0 saturated carbocycles. The fourth-order valence-electron chi connectivity index (χ4n) is 3.93. The van der Waals surface area contributed by atoms with E-state index >= 15 is 0 Å². The molecule has 1 fully saturated rings. The van der Waals surface area contributed by atoms with Gasteiger partial charge in [-0.1, -0.05) is 13.0 Å². The molecule has 5 heteroatoms. The van der Waals surface area contributed by atoms with Crippen molar-refractivity contribution in [2.45, 2.75) is 32.6 Å². The highest BCUT2D eigenvalue weighted by atomic mass is 19.1. The predicted octanol–water partition coefficient (Wildman–Crippen LogP) is 4.81. The molecule has 2 aliphatic heterocycles. The minimum Gasteiger partial charge on any atom is -0.371 e. The van der Waals surface area contributed by atoms with E-state index < -0.39 is 5.92 Å². The summed E-state index contributed by atoms with van der Waals surface area (Å²) in [6, 6.07) is 10.8. The maximum Gasteiger partial charge on any atom is 0.237 e. The van der Waals surface area contributed by atoms with E-state index in [0.29, 0.717) is 11.3 Å². The first kappa shape index (κ1) is 17.7. The van der Waals surface area contributed by atoms with E-state index in [-0.39, 0.29) is 11.7 Å². The Morgan fingerprint density at radius 2 is 2.00 bits per heavy atom. The smallest absolute Gasteiger partial charge is 0.237 e. The topological polar surface area (TPSA) is 44.7 Å². The third-order valence-corrected chi connectivity index (χ3v) is 5.58. The number of nitrogens with one attached hydrogen (secondary N) is 1. The van der Waals surface area contributed by atoms with Crippen LogP contribution < -0.4 is 10.2 Å². The van der Waals surface area contributed by atoms with Gasteiger partial charge in [-0.15, -0.1) is 0 Å². The summed E-state index contributed by atoms with van der Waals surface area (Å²) in [5.41, 5.74) is 4.10. The monoisotopic (exact) mass is 365 g/mol. The quantitative estimate of drug-likeness (QED) is 0.794. The molecule has 2 aromatic rings. The molecule has 0 aromatic heterocycles. The van der Waals surface area contributed by atoms with Gasteiger partial charge in [0.25, 0.3) is 0 Å². The molecule has 1 N–H and O–H groups in total. The third-order valence-electron chi connectivity index (χ3n) is 5.58. The molecule has 0 aliphatic carbocycles. The first-order valence-corrected chi connectivity index (χ1v) is 9.52. The van der Waals surface area contributed by atoms with E-state index in [1.54, 1.807) is 18.3 Å². The Morgan fingerprint density at radius 3 is 2.74 bits per heavy atom. The zero-order chi connectivity index (χ0) is 19.0. The zero-order valence-corrected chi connectivity index (χ0v) is 15.7. The van der Waals surface area contributed by atoms with Gasteiger partial charge in [0.2, 0.25) is 5.91 Å². The normalized spacial score (nSPS) is 20.2. The maximum absolute atomic E-state index is 14.1. The number of aryl methyl sites for hydroxylation is 1. The van der Waals surface area contributed by atoms with Gasteiger partial charge in [0, 0.05) is 36.2 Å². The first-order valence-electron chi connectivity index (χ1n) is 9.52. The standard InChI is InChI=1S/C22H24FN3O/c1-14-8-10-26(11-9-14)20-7-6-16(12-15(20)2)24-13-17-21-18(23)4-3-5-19(21)25-22(17)27/h3-7,12-14,17H,8-11H2,1-2H3,(H,25,27). The fourth-order valence-corrected chi connectivity index (χ4v) is 3.93. The van der Waals surface area contributed by atoms with Crippen LogP contribution in [0.5, 0.6) is 0 Å². The minimum atomic E-state index is -0.690. The van der Waals surface area contributed by atoms with Crippen molar-refractivity contribution in [2.24, 2.45) is 10.9 Å². The second kappa shape index (κ2) is 7.14. The van der Waals surface area contributed by atoms with E-state index in [4.69, 9.17) is 0 Å². The average Bonchev–Trinajstić information content (AvgIpc) is 2.97. The van der Waals surface area contributed by atoms with Gasteiger partial charge in [-0.05, 0) is 61.6 Å². The molecule has 2 heterocycles. The fraction of sp³-hybridized carbons (Fsp3) is 0.364. The molecular weight excluding hydrogens is 341 g/mol. The van der Waals surface area contributed by atoms with Crippen LogP contribution in [0.1, 0.15) is 36.8 Å². The van der Waals surface area contributed by atoms with Crippen molar-refractivity contribution in [3.05, 3.63) is 53.3 Å². The van der Waals surface area contributed by atoms with E-state index in [9.17, 15) is 9.18 Å². The summed E-state index contributed by atoms with van der Waals surface area (Å²) in [6.45, 7) is 6.57. The lowest BCUT2D eigenvalue weighted by Crippen LogP contribution is -2.33. The minimum absolute atomic E-state index is 0.241. The summed E-state index contributed by atoms with van der Waals surface area (Å²) in [5, 5.41) is 2.71. The van der Waals surface area contributed by atoms with Crippen LogP contribution in [0.4, 0.5) is 21.5 Å². The molecule has 1 amide bonds. The second-order valence-corrected chi connectivity index (χ2v) is 7.59. The second-order valence-electron chi connectivity index (χ2n) is 7.59. The molecule has 0 bridgehead atoms. The molecule has 1 unspecified atom stereocenters. The average molecular weight is 365 g/mol. The molecule has 2 aliphatic rings. The van der Waals surface area contributed by atoms with Crippen molar-refractivity contribution in [2.75, 3.05) is 23.3 Å². The lowest BCUT2D eigenvalue weighted by Gasteiger charge is -2.33. The van der Waals surface area contributed by atoms with Crippen molar-refractivity contribution in [1.82, 2.24) is 0 Å². The molecule has 0 spiro atoms. The molecule has 2 aromatic carbocycles. The number of rotatable bonds is 3. The van der Waals surface area contributed by atoms with Crippen molar-refractivity contribution in [1.29, 1.82) is 0 Å². The van der Waals surface area contributed by atoms with Crippen molar-refractivity contribution < 1.29 is 9.18 Å². The zero-order valence-electron chi connectivity index (χ0n) is 15.7. The van der Waals surface area contributed by atoms with Crippen LogP contribution in [0.3, 0.4) is 0 Å². The maximum atomic E-state index is 14.1. The van der Waals surface area contributed by atoms with Crippen LogP contribution in [-0.2, 0) is 4.79 Å². The van der Waals surface area contributed by atoms with Gasteiger partial charge in [0.15, 0.2) is 0 Å². The summed E-state index contributed by atoms with van der Waals surface area (Å²) in [7, 11) is 0. The van der Waals surface area contributed by atoms with Crippen LogP contribution in [-0.4, -0.2) is 25.2 Å². The molecule has 27 heavy (non-hydrogen) atoms. The van der Waals surface area contributed by atoms with Crippen molar-refractivity contribution >= 4 is 29.2 Å². The number of piperidine rings is 1. The largest absolute Gasteiger partial charge is 0.371 e. The molecule has 4 rings (SSSR count). The summed E-state index contributed by atoms with van der Waals surface area (Å²) in [4.78, 5) is 19.1. The van der Waals surface area contributed by atoms with Gasteiger partial charge in [-0.25, -0.2) is 4.39 Å². The Labute approximate surface area is 159 Å². The number of halogens is 1. The Kier molecular flexibility index (Phi) is 4.68. The van der Waals surface area contributed by atoms with E-state index in [1.807, 2.05) is 12.1 Å². The first-order chi connectivity index (χ1) is 13.0. The van der Waals surface area contributed by atoms with Crippen LogP contribution in [0.25, 0.3) is 0 Å². The Hall–Kier alpha value is -2.69. The summed E-state index contributed by atoms with van der Waals surface area (Å²) in [6.07, 6.45) is 3.99. The number of aliphatic imine (C=N–C) groups is 1. The Morgan fingerprint density at radius 1 is 1.22 bits per heavy atom. The van der Waals surface area contributed by atoms with Crippen molar-refractivity contribution in [3.8, 4) is 0 Å². The Bertz CT molecular complexity index is 900. The number of nitrogens with zero attached hydrogens (tertiary/aromatic N) is 2. The van der Waals surface area contributed by atoms with Gasteiger partial charge < -0.3 is 10.2 Å². The number of fused-ring (bicyclic) bond motifs is 1. The molecule has 4 nitrogen and oxygen atoms in total. The SMILES string of the molecule is Cc1cc(N=CC2C(=O)Nc3cccc(F)c32)ccc1N1CCC(C)CC1. The molecule has 0 radical (unpaired) electrons. The Balaban J connectivity index is 1.54. The lowest BCUT2D eigenvalue weighted by molar-refractivity contribution is -0.115. The van der Waals surface area contributed by atoms with E-state index in [0.717, 1.165) is 24.7 Å². The third kappa shape index (κ3) is 3.46. The summed E-state index contributed by atoms with van der Waals surface area (Å²) >= 11 is 0. The summed E-state index contributed by atoms with van der Waals surface area (Å²) in [5.74, 6) is -0.515. The van der Waals surface area contributed by atoms with E-state index in [1.165, 1.54) is 30.2 Å². The number of hydrogen-bond acceptors (Lipinski definition) is 3.